The molecule has 5 amide bonds. The van der Waals surface area contributed by atoms with Crippen LogP contribution in [0.5, 0.6) is 0 Å². The quantitative estimate of drug-likeness (QED) is 0.0314. The Morgan fingerprint density at radius 1 is 0.604 bits per heavy atom. The van der Waals surface area contributed by atoms with Crippen molar-refractivity contribution in [3.8, 4) is 0 Å². The van der Waals surface area contributed by atoms with Crippen LogP contribution >= 0.6 is 22.6 Å². The summed E-state index contributed by atoms with van der Waals surface area (Å²) in [5.74, 6) is -3.40. The second-order valence-electron chi connectivity index (χ2n) is 12.5. The van der Waals surface area contributed by atoms with E-state index in [1.165, 1.54) is 6.92 Å². The number of rotatable bonds is 20. The molecule has 14 N–H and O–H groups in total. The van der Waals surface area contributed by atoms with E-state index in [1.54, 1.807) is 0 Å². The van der Waals surface area contributed by atoms with Crippen LogP contribution in [0.4, 0.5) is 0 Å². The van der Waals surface area contributed by atoms with Crippen molar-refractivity contribution in [2.45, 2.75) is 69.6 Å². The third-order valence-corrected chi connectivity index (χ3v) is 8.84. The van der Waals surface area contributed by atoms with E-state index in [0.29, 0.717) is 12.8 Å². The van der Waals surface area contributed by atoms with Gasteiger partial charge in [0.15, 0.2) is 11.9 Å². The van der Waals surface area contributed by atoms with Crippen molar-refractivity contribution in [2.75, 3.05) is 13.1 Å². The molecule has 0 bridgehead atoms. The van der Waals surface area contributed by atoms with Crippen LogP contribution in [0.2, 0.25) is 0 Å². The van der Waals surface area contributed by atoms with Gasteiger partial charge in [-0.25, -0.2) is 0 Å². The zero-order valence-corrected chi connectivity index (χ0v) is 31.7. The molecule has 0 fully saturated rings. The van der Waals surface area contributed by atoms with E-state index in [-0.39, 0.29) is 50.7 Å². The number of halogens is 1. The fourth-order valence-electron chi connectivity index (χ4n) is 5.50. The van der Waals surface area contributed by atoms with Crippen molar-refractivity contribution in [3.05, 3.63) is 81.4 Å². The number of benzene rings is 3. The lowest BCUT2D eigenvalue weighted by Gasteiger charge is -2.26. The minimum atomic E-state index is -1.20. The van der Waals surface area contributed by atoms with Crippen molar-refractivity contribution in [1.29, 1.82) is 0 Å². The number of carbonyl (C=O) groups is 5. The maximum atomic E-state index is 14.0. The largest absolute Gasteiger partial charge is 0.370 e. The molecule has 0 saturated carbocycles. The van der Waals surface area contributed by atoms with Gasteiger partial charge in [-0.2, -0.15) is 0 Å². The number of amides is 5. The number of aliphatic imine (C=N–C) groups is 2. The predicted octanol–water partition coefficient (Wildman–Crippen LogP) is -0.219. The summed E-state index contributed by atoms with van der Waals surface area (Å²) in [6.07, 6.45) is 1.06. The fourth-order valence-corrected chi connectivity index (χ4v) is 5.86. The van der Waals surface area contributed by atoms with Gasteiger partial charge in [0.1, 0.15) is 24.2 Å². The third-order valence-electron chi connectivity index (χ3n) is 8.12. The zero-order chi connectivity index (χ0) is 38.9. The number of fused-ring (bicyclic) bond motifs is 1. The summed E-state index contributed by atoms with van der Waals surface area (Å²) in [5, 5.41) is 12.8. The van der Waals surface area contributed by atoms with Crippen LogP contribution in [0.15, 0.2) is 76.7 Å². The molecule has 3 rings (SSSR count). The number of guanidine groups is 2. The Balaban J connectivity index is 1.90. The Hall–Kier alpha value is -5.46. The van der Waals surface area contributed by atoms with Gasteiger partial charge in [0, 0.05) is 36.4 Å². The standard InChI is InChI=1S/C36H48IN11O5/c1-21(49)45-29(19-22-11-14-26(37)15-12-22)33(52)47-28(9-5-17-44-36(41)42)32(51)48-30(20-23-10-13-24-6-2-3-7-25(24)18-23)34(53)46-27(31(38)50)8-4-16-43-35(39)40/h2-3,6-7,10-15,18,27-30H,4-5,8-9,16-17,19-20H2,1H3,(H2,38,50)(H,45,49)(H,46,53)(H,47,52)(H,48,51)(H4,39,40,43)(H4,41,42,44)/t27-,28+,29+,30-/m0/s1. The molecule has 0 aliphatic heterocycles. The Morgan fingerprint density at radius 3 is 1.64 bits per heavy atom. The lowest BCUT2D eigenvalue weighted by atomic mass is 9.99. The molecule has 16 nitrogen and oxygen atoms in total. The number of hydrogen-bond donors (Lipinski definition) is 9. The normalized spacial score (nSPS) is 13.0. The summed E-state index contributed by atoms with van der Waals surface area (Å²) in [7, 11) is 0. The van der Waals surface area contributed by atoms with Gasteiger partial charge in [-0.15, -0.1) is 0 Å². The monoisotopic (exact) mass is 841 g/mol. The molecule has 284 valence electrons. The highest BCUT2D eigenvalue weighted by molar-refractivity contribution is 14.1. The molecule has 0 aromatic heterocycles. The average Bonchev–Trinajstić information content (AvgIpc) is 3.10. The lowest BCUT2D eigenvalue weighted by Crippen LogP contribution is -2.58. The van der Waals surface area contributed by atoms with Gasteiger partial charge in [0.25, 0.3) is 0 Å². The topological polar surface area (TPSA) is 288 Å². The van der Waals surface area contributed by atoms with Crippen molar-refractivity contribution < 1.29 is 24.0 Å². The molecular formula is C36H48IN11O5. The van der Waals surface area contributed by atoms with Crippen LogP contribution in [-0.2, 0) is 36.8 Å². The van der Waals surface area contributed by atoms with Gasteiger partial charge < -0.3 is 49.9 Å². The smallest absolute Gasteiger partial charge is 0.243 e. The number of nitrogens with zero attached hydrogens (tertiary/aromatic N) is 2. The molecule has 4 atom stereocenters. The van der Waals surface area contributed by atoms with E-state index in [4.69, 9.17) is 28.7 Å². The van der Waals surface area contributed by atoms with E-state index in [0.717, 1.165) is 25.5 Å². The van der Waals surface area contributed by atoms with Crippen LogP contribution in [-0.4, -0.2) is 78.7 Å². The molecule has 0 unspecified atom stereocenters. The summed E-state index contributed by atoms with van der Waals surface area (Å²) < 4.78 is 1.000. The van der Waals surface area contributed by atoms with Gasteiger partial charge >= 0.3 is 0 Å². The Morgan fingerprint density at radius 2 is 1.08 bits per heavy atom. The molecule has 3 aromatic rings. The van der Waals surface area contributed by atoms with E-state index in [9.17, 15) is 24.0 Å². The lowest BCUT2D eigenvalue weighted by molar-refractivity contribution is -0.134. The highest BCUT2D eigenvalue weighted by Gasteiger charge is 2.31. The molecule has 0 aliphatic carbocycles. The molecular weight excluding hydrogens is 793 g/mol. The van der Waals surface area contributed by atoms with E-state index in [1.807, 2.05) is 66.7 Å². The minimum Gasteiger partial charge on any atom is -0.370 e. The maximum Gasteiger partial charge on any atom is 0.243 e. The Labute approximate surface area is 321 Å². The Bertz CT molecular complexity index is 1790. The van der Waals surface area contributed by atoms with Gasteiger partial charge in [0.05, 0.1) is 0 Å². The average molecular weight is 842 g/mol. The van der Waals surface area contributed by atoms with Crippen molar-refractivity contribution in [2.24, 2.45) is 38.7 Å². The molecule has 0 radical (unpaired) electrons. The van der Waals surface area contributed by atoms with Crippen molar-refractivity contribution >= 4 is 74.8 Å². The van der Waals surface area contributed by atoms with Crippen LogP contribution in [0.25, 0.3) is 10.8 Å². The first kappa shape index (κ1) is 42.0. The summed E-state index contributed by atoms with van der Waals surface area (Å²) in [6, 6.07) is 16.3. The second-order valence-corrected chi connectivity index (χ2v) is 13.7. The number of nitrogens with two attached hydrogens (primary N) is 5. The predicted molar refractivity (Wildman–Crippen MR) is 213 cm³/mol. The molecule has 17 heteroatoms. The number of carbonyl (C=O) groups excluding carboxylic acids is 5. The van der Waals surface area contributed by atoms with E-state index in [2.05, 4.69) is 53.8 Å². The molecule has 0 saturated heterocycles. The molecule has 0 spiro atoms. The highest BCUT2D eigenvalue weighted by atomic mass is 127. The number of nitrogens with one attached hydrogen (secondary N) is 4. The minimum absolute atomic E-state index is 0.0396. The third kappa shape index (κ3) is 15.0. The summed E-state index contributed by atoms with van der Waals surface area (Å²) >= 11 is 2.17. The zero-order valence-electron chi connectivity index (χ0n) is 29.5. The first-order chi connectivity index (χ1) is 25.2. The Kier molecular flexibility index (Phi) is 16.7. The molecule has 0 heterocycles. The van der Waals surface area contributed by atoms with E-state index < -0.39 is 53.7 Å². The van der Waals surface area contributed by atoms with E-state index >= 15 is 0 Å². The van der Waals surface area contributed by atoms with Crippen LogP contribution in [0.3, 0.4) is 0 Å². The summed E-state index contributed by atoms with van der Waals surface area (Å²) in [6.45, 7) is 1.67. The molecule has 53 heavy (non-hydrogen) atoms. The van der Waals surface area contributed by atoms with Gasteiger partial charge in [-0.1, -0.05) is 54.6 Å². The first-order valence-electron chi connectivity index (χ1n) is 17.0. The van der Waals surface area contributed by atoms with Gasteiger partial charge in [-0.05, 0) is 82.3 Å². The van der Waals surface area contributed by atoms with Crippen LogP contribution < -0.4 is 49.9 Å². The molecule has 3 aromatic carbocycles. The van der Waals surface area contributed by atoms with Crippen molar-refractivity contribution in [1.82, 2.24) is 21.3 Å². The molecule has 0 aliphatic rings. The second kappa shape index (κ2) is 21.2. The SMILES string of the molecule is CC(=O)N[C@H](Cc1ccc(I)cc1)C(=O)N[C@H](CCCN=C(N)N)C(=O)N[C@@H](Cc1ccc2ccccc2c1)C(=O)N[C@@H](CCCN=C(N)N)C(N)=O. The first-order valence-corrected chi connectivity index (χ1v) is 18.1. The summed E-state index contributed by atoms with van der Waals surface area (Å²) in [4.78, 5) is 73.9. The van der Waals surface area contributed by atoms with Crippen LogP contribution in [0, 0.1) is 3.57 Å². The number of primary amides is 1. The van der Waals surface area contributed by atoms with Gasteiger partial charge in [0.2, 0.25) is 29.5 Å². The van der Waals surface area contributed by atoms with Gasteiger partial charge in [-0.3, -0.25) is 34.0 Å². The fraction of sp³-hybridized carbons (Fsp3) is 0.361. The van der Waals surface area contributed by atoms with Crippen molar-refractivity contribution in [3.63, 3.8) is 0 Å². The summed E-state index contributed by atoms with van der Waals surface area (Å²) in [5.41, 5.74) is 28.9. The van der Waals surface area contributed by atoms with Crippen LogP contribution in [0.1, 0.15) is 43.7 Å². The number of hydrogen-bond acceptors (Lipinski definition) is 7. The highest BCUT2D eigenvalue weighted by Crippen LogP contribution is 2.17. The maximum absolute atomic E-state index is 14.0.